The molecule has 2 N–H and O–H groups in total. The Morgan fingerprint density at radius 1 is 1.37 bits per heavy atom. The van der Waals surface area contributed by atoms with E-state index >= 15 is 0 Å². The Bertz CT molecular complexity index is 860. The van der Waals surface area contributed by atoms with Gasteiger partial charge in [0, 0.05) is 24.1 Å². The van der Waals surface area contributed by atoms with Crippen LogP contribution in [-0.4, -0.2) is 33.3 Å². The number of ether oxygens (including phenoxy) is 1. The SMILES string of the molecule is CC1(C)SC[C@H](C(=O)NCc2cccnc2Oc2ccccc2F)NC1=O. The number of carbonyl (C=O) groups is 2. The van der Waals surface area contributed by atoms with Gasteiger partial charge in [0.15, 0.2) is 11.6 Å². The van der Waals surface area contributed by atoms with E-state index in [0.717, 1.165) is 0 Å². The van der Waals surface area contributed by atoms with E-state index in [1.807, 2.05) is 13.8 Å². The number of halogens is 1. The number of rotatable bonds is 5. The normalized spacial score (nSPS) is 18.5. The van der Waals surface area contributed by atoms with Crippen LogP contribution in [0.1, 0.15) is 19.4 Å². The number of pyridine rings is 1. The maximum atomic E-state index is 13.8. The lowest BCUT2D eigenvalue weighted by molar-refractivity contribution is -0.129. The molecular formula is C19H20FN3O3S. The average Bonchev–Trinajstić information content (AvgIpc) is 2.65. The Hall–Kier alpha value is -2.61. The highest BCUT2D eigenvalue weighted by atomic mass is 32.2. The molecule has 1 aromatic heterocycles. The lowest BCUT2D eigenvalue weighted by atomic mass is 10.1. The van der Waals surface area contributed by atoms with Gasteiger partial charge >= 0.3 is 0 Å². The summed E-state index contributed by atoms with van der Waals surface area (Å²) in [5.41, 5.74) is 0.601. The Morgan fingerprint density at radius 2 is 2.15 bits per heavy atom. The van der Waals surface area contributed by atoms with Crippen LogP contribution in [-0.2, 0) is 16.1 Å². The molecule has 3 rings (SSSR count). The fourth-order valence-electron chi connectivity index (χ4n) is 2.46. The van der Waals surface area contributed by atoms with E-state index in [1.54, 1.807) is 24.3 Å². The van der Waals surface area contributed by atoms with Crippen LogP contribution < -0.4 is 15.4 Å². The van der Waals surface area contributed by atoms with Crippen LogP contribution in [0.3, 0.4) is 0 Å². The molecule has 142 valence electrons. The van der Waals surface area contributed by atoms with Gasteiger partial charge in [0.25, 0.3) is 0 Å². The molecule has 0 spiro atoms. The number of nitrogens with zero attached hydrogens (tertiary/aromatic N) is 1. The molecule has 6 nitrogen and oxygen atoms in total. The largest absolute Gasteiger partial charge is 0.436 e. The summed E-state index contributed by atoms with van der Waals surface area (Å²) >= 11 is 1.44. The van der Waals surface area contributed by atoms with E-state index in [9.17, 15) is 14.0 Å². The van der Waals surface area contributed by atoms with Gasteiger partial charge in [-0.1, -0.05) is 18.2 Å². The van der Waals surface area contributed by atoms with Crippen LogP contribution >= 0.6 is 11.8 Å². The number of thioether (sulfide) groups is 1. The van der Waals surface area contributed by atoms with Gasteiger partial charge in [0.05, 0.1) is 4.75 Å². The van der Waals surface area contributed by atoms with Crippen LogP contribution in [0.5, 0.6) is 11.6 Å². The van der Waals surface area contributed by atoms with Gasteiger partial charge in [-0.3, -0.25) is 9.59 Å². The highest BCUT2D eigenvalue weighted by Gasteiger charge is 2.37. The van der Waals surface area contributed by atoms with Crippen molar-refractivity contribution >= 4 is 23.6 Å². The van der Waals surface area contributed by atoms with Gasteiger partial charge in [-0.25, -0.2) is 9.37 Å². The lowest BCUT2D eigenvalue weighted by Gasteiger charge is -2.32. The molecule has 1 aliphatic rings. The first-order valence-corrected chi connectivity index (χ1v) is 9.44. The van der Waals surface area contributed by atoms with Crippen LogP contribution in [0.2, 0.25) is 0 Å². The van der Waals surface area contributed by atoms with E-state index in [2.05, 4.69) is 15.6 Å². The first-order valence-electron chi connectivity index (χ1n) is 8.46. The summed E-state index contributed by atoms with van der Waals surface area (Å²) in [6.07, 6.45) is 1.53. The predicted molar refractivity (Wildman–Crippen MR) is 101 cm³/mol. The topological polar surface area (TPSA) is 80.3 Å². The smallest absolute Gasteiger partial charge is 0.243 e. The zero-order chi connectivity index (χ0) is 19.4. The molecule has 0 radical (unpaired) electrons. The first kappa shape index (κ1) is 19.2. The van der Waals surface area contributed by atoms with Crippen LogP contribution in [0, 0.1) is 5.82 Å². The molecule has 0 aliphatic carbocycles. The molecule has 2 heterocycles. The molecule has 27 heavy (non-hydrogen) atoms. The fourth-order valence-corrected chi connectivity index (χ4v) is 3.47. The Morgan fingerprint density at radius 3 is 2.89 bits per heavy atom. The monoisotopic (exact) mass is 389 g/mol. The van der Waals surface area contributed by atoms with Gasteiger partial charge in [0.2, 0.25) is 17.7 Å². The predicted octanol–water partition coefficient (Wildman–Crippen LogP) is 2.64. The zero-order valence-corrected chi connectivity index (χ0v) is 15.8. The fraction of sp³-hybridized carbons (Fsp3) is 0.316. The van der Waals surface area contributed by atoms with Crippen molar-refractivity contribution in [3.8, 4) is 11.6 Å². The number of aromatic nitrogens is 1. The van der Waals surface area contributed by atoms with E-state index in [-0.39, 0.29) is 30.0 Å². The molecule has 1 saturated heterocycles. The van der Waals surface area contributed by atoms with Gasteiger partial charge in [0.1, 0.15) is 6.04 Å². The van der Waals surface area contributed by atoms with E-state index in [0.29, 0.717) is 11.3 Å². The lowest BCUT2D eigenvalue weighted by Crippen LogP contribution is -2.57. The van der Waals surface area contributed by atoms with Gasteiger partial charge in [-0.2, -0.15) is 0 Å². The van der Waals surface area contributed by atoms with Crippen molar-refractivity contribution in [3.05, 3.63) is 54.0 Å². The van der Waals surface area contributed by atoms with Crippen molar-refractivity contribution in [2.24, 2.45) is 0 Å². The highest BCUT2D eigenvalue weighted by molar-refractivity contribution is 8.01. The minimum Gasteiger partial charge on any atom is -0.436 e. The molecule has 1 atom stereocenters. The standard InChI is InChI=1S/C19H20FN3O3S/c1-19(2)18(25)23-14(11-27-19)16(24)22-10-12-6-5-9-21-17(12)26-15-8-4-3-7-13(15)20/h3-9,14H,10-11H2,1-2H3,(H,22,24)(H,23,25)/t14-/m1/s1. The maximum Gasteiger partial charge on any atom is 0.243 e. The number of para-hydroxylation sites is 1. The molecule has 0 bridgehead atoms. The van der Waals surface area contributed by atoms with Crippen molar-refractivity contribution in [2.45, 2.75) is 31.2 Å². The molecule has 2 amide bonds. The summed E-state index contributed by atoms with van der Waals surface area (Å²) in [6.45, 7) is 3.79. The summed E-state index contributed by atoms with van der Waals surface area (Å²) in [7, 11) is 0. The van der Waals surface area contributed by atoms with Crippen molar-refractivity contribution < 1.29 is 18.7 Å². The molecule has 0 saturated carbocycles. The summed E-state index contributed by atoms with van der Waals surface area (Å²) in [6, 6.07) is 8.88. The van der Waals surface area contributed by atoms with E-state index in [4.69, 9.17) is 4.74 Å². The Kier molecular flexibility index (Phi) is 5.65. The molecule has 1 aromatic carbocycles. The number of amides is 2. The number of carbonyl (C=O) groups excluding carboxylic acids is 2. The van der Waals surface area contributed by atoms with Gasteiger partial charge in [-0.15, -0.1) is 11.8 Å². The molecule has 1 aliphatic heterocycles. The number of benzene rings is 1. The summed E-state index contributed by atoms with van der Waals surface area (Å²) < 4.78 is 18.8. The average molecular weight is 389 g/mol. The van der Waals surface area contributed by atoms with E-state index in [1.165, 1.54) is 30.1 Å². The molecule has 1 fully saturated rings. The second-order valence-corrected chi connectivity index (χ2v) is 8.21. The molecule has 0 unspecified atom stereocenters. The van der Waals surface area contributed by atoms with Crippen LogP contribution in [0.15, 0.2) is 42.6 Å². The highest BCUT2D eigenvalue weighted by Crippen LogP contribution is 2.29. The summed E-state index contributed by atoms with van der Waals surface area (Å²) in [4.78, 5) is 28.5. The number of hydrogen-bond donors (Lipinski definition) is 2. The second-order valence-electron chi connectivity index (χ2n) is 6.57. The van der Waals surface area contributed by atoms with Crippen molar-refractivity contribution in [1.29, 1.82) is 0 Å². The van der Waals surface area contributed by atoms with Gasteiger partial charge < -0.3 is 15.4 Å². The third kappa shape index (κ3) is 4.57. The van der Waals surface area contributed by atoms with Crippen LogP contribution in [0.4, 0.5) is 4.39 Å². The number of hydrogen-bond acceptors (Lipinski definition) is 5. The maximum absolute atomic E-state index is 13.8. The minimum absolute atomic E-state index is 0.0574. The van der Waals surface area contributed by atoms with Gasteiger partial charge in [-0.05, 0) is 32.0 Å². The van der Waals surface area contributed by atoms with Crippen molar-refractivity contribution in [2.75, 3.05) is 5.75 Å². The minimum atomic E-state index is -0.594. The second kappa shape index (κ2) is 7.96. The number of nitrogens with one attached hydrogen (secondary N) is 2. The quantitative estimate of drug-likeness (QED) is 0.822. The molecule has 8 heteroatoms. The Balaban J connectivity index is 1.64. The summed E-state index contributed by atoms with van der Waals surface area (Å²) in [5.74, 6) is -0.178. The molecule has 2 aromatic rings. The zero-order valence-electron chi connectivity index (χ0n) is 15.0. The first-order chi connectivity index (χ1) is 12.9. The van der Waals surface area contributed by atoms with Crippen molar-refractivity contribution in [1.82, 2.24) is 15.6 Å². The third-order valence-corrected chi connectivity index (χ3v) is 5.53. The van der Waals surface area contributed by atoms with Crippen LogP contribution in [0.25, 0.3) is 0 Å². The third-order valence-electron chi connectivity index (χ3n) is 4.13. The molecular weight excluding hydrogens is 369 g/mol. The summed E-state index contributed by atoms with van der Waals surface area (Å²) in [5, 5.41) is 5.51. The van der Waals surface area contributed by atoms with Crippen molar-refractivity contribution in [3.63, 3.8) is 0 Å². The Labute approximate surface area is 160 Å². The van der Waals surface area contributed by atoms with E-state index < -0.39 is 16.6 Å².